The van der Waals surface area contributed by atoms with Crippen LogP contribution in [0.3, 0.4) is 0 Å². The summed E-state index contributed by atoms with van der Waals surface area (Å²) in [6.45, 7) is 6.60. The Balaban J connectivity index is 1.24. The second kappa shape index (κ2) is 11.5. The number of aliphatic imine (C=N–C) groups is 2. The average Bonchev–Trinajstić information content (AvgIpc) is 3.44. The first-order chi connectivity index (χ1) is 18.6. The van der Waals surface area contributed by atoms with Crippen LogP contribution in [0.2, 0.25) is 0 Å². The highest BCUT2D eigenvalue weighted by Gasteiger charge is 2.33. The van der Waals surface area contributed by atoms with Gasteiger partial charge in [0.1, 0.15) is 13.1 Å². The predicted octanol–water partition coefficient (Wildman–Crippen LogP) is 1.09. The normalized spacial score (nSPS) is 18.7. The molecule has 2 N–H and O–H groups in total. The lowest BCUT2D eigenvalue weighted by molar-refractivity contribution is -0.726. The number of benzene rings is 3. The van der Waals surface area contributed by atoms with E-state index in [-0.39, 0.29) is 24.9 Å². The Hall–Kier alpha value is -4.14. The molecular formula is C30H34N6O2+2. The summed E-state index contributed by atoms with van der Waals surface area (Å²) in [5.74, 6) is -0.401. The molecule has 5 rings (SSSR count). The van der Waals surface area contributed by atoms with Crippen molar-refractivity contribution in [1.82, 2.24) is 0 Å². The number of nitrogens with zero attached hydrogens (tertiary/aromatic N) is 4. The van der Waals surface area contributed by atoms with Crippen molar-refractivity contribution in [3.05, 3.63) is 72.8 Å². The molecule has 0 bridgehead atoms. The minimum absolute atomic E-state index is 0.200. The largest absolute Gasteiger partial charge is 0.858 e. The summed E-state index contributed by atoms with van der Waals surface area (Å²) in [5, 5.41) is 25.5. The van der Waals surface area contributed by atoms with Crippen LogP contribution in [0.5, 0.6) is 0 Å². The van der Waals surface area contributed by atoms with Crippen LogP contribution in [0, 0.1) is 0 Å². The maximum absolute atomic E-state index is 12.8. The van der Waals surface area contributed by atoms with Crippen molar-refractivity contribution in [2.75, 3.05) is 26.2 Å². The van der Waals surface area contributed by atoms with Gasteiger partial charge in [-0.15, -0.1) is 9.15 Å². The Morgan fingerprint density at radius 1 is 0.632 bits per heavy atom. The molecule has 194 valence electrons. The molecule has 2 unspecified atom stereocenters. The first-order valence-electron chi connectivity index (χ1n) is 13.3. The standard InChI is InChI=1S/C30H32N6O2/c1-3-17-33-21-35(27-11-7-5-9-25(27)33)19-29(37)31-23-13-15-24(16-14-23)32-30(38)20-36-22-34(18-4-2)26-10-6-8-12-28(26)36/h5-16,21-22H,3-4,17-20H2,1-2H3/p+2. The highest BCUT2D eigenvalue weighted by molar-refractivity contribution is 5.80. The Bertz CT molecular complexity index is 1320. The lowest BCUT2D eigenvalue weighted by Crippen LogP contribution is -3.07. The highest BCUT2D eigenvalue weighted by atomic mass is 16.3. The first kappa shape index (κ1) is 25.5. The number of para-hydroxylation sites is 4. The summed E-state index contributed by atoms with van der Waals surface area (Å²) in [4.78, 5) is 10.5. The number of hydrogen-bond acceptors (Lipinski definition) is 4. The van der Waals surface area contributed by atoms with E-state index >= 15 is 0 Å². The van der Waals surface area contributed by atoms with Gasteiger partial charge in [-0.25, -0.2) is 9.80 Å². The molecule has 0 fully saturated rings. The van der Waals surface area contributed by atoms with Gasteiger partial charge in [-0.05, 0) is 24.3 Å². The number of fused-ring (bicyclic) bond motifs is 2. The maximum Gasteiger partial charge on any atom is 0.336 e. The van der Waals surface area contributed by atoms with E-state index < -0.39 is 0 Å². The molecule has 38 heavy (non-hydrogen) atoms. The van der Waals surface area contributed by atoms with Gasteiger partial charge in [-0.1, -0.05) is 38.1 Å². The van der Waals surface area contributed by atoms with E-state index in [2.05, 4.69) is 69.9 Å². The molecule has 8 heteroatoms. The van der Waals surface area contributed by atoms with Crippen LogP contribution in [-0.2, 0) is 0 Å². The zero-order valence-electron chi connectivity index (χ0n) is 21.9. The van der Waals surface area contributed by atoms with Crippen LogP contribution in [0.15, 0.2) is 82.8 Å². The van der Waals surface area contributed by atoms with Crippen molar-refractivity contribution in [2.45, 2.75) is 26.7 Å². The second-order valence-electron chi connectivity index (χ2n) is 9.61. The average molecular weight is 511 g/mol. The van der Waals surface area contributed by atoms with Crippen LogP contribution in [0.25, 0.3) is 0 Å². The zero-order valence-corrected chi connectivity index (χ0v) is 21.9. The van der Waals surface area contributed by atoms with Gasteiger partial charge >= 0.3 is 12.7 Å². The van der Waals surface area contributed by atoms with Crippen molar-refractivity contribution in [3.8, 4) is 0 Å². The minimum Gasteiger partial charge on any atom is -0.858 e. The minimum atomic E-state index is -0.200. The molecule has 0 amide bonds. The van der Waals surface area contributed by atoms with E-state index in [4.69, 9.17) is 0 Å². The predicted molar refractivity (Wildman–Crippen MR) is 147 cm³/mol. The van der Waals surface area contributed by atoms with Crippen molar-refractivity contribution < 1.29 is 29.2 Å². The van der Waals surface area contributed by atoms with E-state index in [1.54, 1.807) is 24.3 Å². The Labute approximate surface area is 223 Å². The number of rotatable bonds is 10. The monoisotopic (exact) mass is 510 g/mol. The van der Waals surface area contributed by atoms with Crippen LogP contribution in [0.1, 0.15) is 26.7 Å². The molecule has 0 saturated heterocycles. The molecule has 0 aromatic heterocycles. The van der Waals surface area contributed by atoms with Gasteiger partial charge in [0.2, 0.25) is 11.4 Å². The highest BCUT2D eigenvalue weighted by Crippen LogP contribution is 2.24. The molecule has 0 saturated carbocycles. The Morgan fingerprint density at radius 2 is 1.03 bits per heavy atom. The fourth-order valence-electron chi connectivity index (χ4n) is 5.07. The van der Waals surface area contributed by atoms with E-state index in [1.807, 2.05) is 24.3 Å². The van der Waals surface area contributed by atoms with E-state index in [1.165, 1.54) is 0 Å². The smallest absolute Gasteiger partial charge is 0.336 e. The summed E-state index contributed by atoms with van der Waals surface area (Å²) < 4.78 is 4.40. The molecule has 8 nitrogen and oxygen atoms in total. The topological polar surface area (TPSA) is 85.7 Å². The fraction of sp³-hybridized carbons (Fsp3) is 0.267. The van der Waals surface area contributed by atoms with Crippen LogP contribution in [0.4, 0.5) is 34.1 Å². The van der Waals surface area contributed by atoms with Crippen LogP contribution in [-0.4, -0.2) is 59.8 Å². The van der Waals surface area contributed by atoms with Crippen molar-refractivity contribution >= 4 is 58.6 Å². The maximum atomic E-state index is 12.8. The lowest BCUT2D eigenvalue weighted by atomic mass is 10.2. The Morgan fingerprint density at radius 3 is 1.42 bits per heavy atom. The van der Waals surface area contributed by atoms with Gasteiger partial charge in [0.05, 0.1) is 11.4 Å². The van der Waals surface area contributed by atoms with E-state index in [9.17, 15) is 10.2 Å². The van der Waals surface area contributed by atoms with Crippen LogP contribution >= 0.6 is 0 Å². The molecule has 2 aliphatic rings. The summed E-state index contributed by atoms with van der Waals surface area (Å²) in [6, 6.07) is 23.2. The molecule has 2 heterocycles. The van der Waals surface area contributed by atoms with Gasteiger partial charge in [-0.3, -0.25) is 9.98 Å². The third-order valence-corrected chi connectivity index (χ3v) is 6.71. The third-order valence-electron chi connectivity index (χ3n) is 6.71. The van der Waals surface area contributed by atoms with Gasteiger partial charge in [-0.2, -0.15) is 0 Å². The van der Waals surface area contributed by atoms with Gasteiger partial charge in [0, 0.05) is 48.9 Å². The first-order valence-corrected chi connectivity index (χ1v) is 13.3. The quantitative estimate of drug-likeness (QED) is 0.243. The fourth-order valence-corrected chi connectivity index (χ4v) is 5.07. The molecule has 2 atom stereocenters. The van der Waals surface area contributed by atoms with Crippen molar-refractivity contribution in [3.63, 3.8) is 0 Å². The molecule has 3 aromatic rings. The molecule has 2 aliphatic heterocycles. The third kappa shape index (κ3) is 5.56. The van der Waals surface area contributed by atoms with E-state index in [0.29, 0.717) is 11.4 Å². The van der Waals surface area contributed by atoms with E-state index in [0.717, 1.165) is 58.5 Å². The summed E-state index contributed by atoms with van der Waals surface area (Å²) >= 11 is 0. The lowest BCUT2D eigenvalue weighted by Gasteiger charge is -2.13. The number of quaternary nitrogens is 2. The zero-order chi connectivity index (χ0) is 26.5. The van der Waals surface area contributed by atoms with Crippen molar-refractivity contribution in [2.24, 2.45) is 9.98 Å². The SMILES string of the molecule is CCC[N+]1=C[NH+](CC([O-])=Nc2ccc(N=C([O-])C[NH+]3C=[N+](CCC)c4ccccc43)cc2)c2ccccc21. The number of nitrogens with one attached hydrogen (secondary N) is 2. The molecule has 0 aliphatic carbocycles. The summed E-state index contributed by atoms with van der Waals surface area (Å²) in [5.41, 5.74) is 5.58. The Kier molecular flexibility index (Phi) is 7.72. The number of hydrogen-bond donors (Lipinski definition) is 2. The van der Waals surface area contributed by atoms with Crippen molar-refractivity contribution in [1.29, 1.82) is 0 Å². The van der Waals surface area contributed by atoms with Gasteiger partial charge in [0.15, 0.2) is 13.1 Å². The van der Waals surface area contributed by atoms with Gasteiger partial charge in [0.25, 0.3) is 11.4 Å². The molecule has 3 aromatic carbocycles. The molecule has 0 radical (unpaired) electrons. The second-order valence-corrected chi connectivity index (χ2v) is 9.61. The summed E-state index contributed by atoms with van der Waals surface area (Å²) in [6.07, 6.45) is 6.18. The molecule has 0 spiro atoms. The van der Waals surface area contributed by atoms with Gasteiger partial charge < -0.3 is 10.2 Å². The molecular weight excluding hydrogens is 476 g/mol. The van der Waals surface area contributed by atoms with Crippen LogP contribution < -0.4 is 20.0 Å². The summed E-state index contributed by atoms with van der Waals surface area (Å²) in [7, 11) is 0.